The number of hydrogen-bond donors (Lipinski definition) is 0. The van der Waals surface area contributed by atoms with Crippen LogP contribution in [0.4, 0.5) is 0 Å². The van der Waals surface area contributed by atoms with E-state index in [9.17, 15) is 0 Å². The normalized spacial score (nSPS) is 12.3. The lowest BCUT2D eigenvalue weighted by Gasteiger charge is -2.19. The van der Waals surface area contributed by atoms with Gasteiger partial charge in [0.25, 0.3) is 0 Å². The molecule has 0 bridgehead atoms. The summed E-state index contributed by atoms with van der Waals surface area (Å²) in [6.07, 6.45) is 3.17. The zero-order chi connectivity index (χ0) is 18.6. The minimum Gasteiger partial charge on any atom is -0.0989 e. The zero-order valence-corrected chi connectivity index (χ0v) is 16.3. The maximum Gasteiger partial charge on any atom is 0.00203 e. The van der Waals surface area contributed by atoms with Crippen LogP contribution in [-0.4, -0.2) is 0 Å². The van der Waals surface area contributed by atoms with Gasteiger partial charge in [-0.3, -0.25) is 0 Å². The third kappa shape index (κ3) is 5.08. The predicted octanol–water partition coefficient (Wildman–Crippen LogP) is 7.95. The number of rotatable bonds is 6. The highest BCUT2D eigenvalue weighted by molar-refractivity contribution is 5.70. The van der Waals surface area contributed by atoms with Crippen LogP contribution >= 0.6 is 0 Å². The molecule has 26 heavy (non-hydrogen) atoms. The lowest BCUT2D eigenvalue weighted by molar-refractivity contribution is 0.859. The van der Waals surface area contributed by atoms with E-state index >= 15 is 0 Å². The Morgan fingerprint density at radius 1 is 0.962 bits per heavy atom. The largest absolute Gasteiger partial charge is 0.0989 e. The van der Waals surface area contributed by atoms with Gasteiger partial charge < -0.3 is 0 Å². The first-order valence-corrected chi connectivity index (χ1v) is 8.98. The van der Waals surface area contributed by atoms with Crippen molar-refractivity contribution < 1.29 is 0 Å². The molecule has 0 aromatic heterocycles. The molecule has 0 N–H and O–H groups in total. The van der Waals surface area contributed by atoms with E-state index in [0.29, 0.717) is 0 Å². The first-order valence-electron chi connectivity index (χ1n) is 8.98. The molecule has 0 spiro atoms. The molecular formula is C26H34. The fourth-order valence-electron chi connectivity index (χ4n) is 2.98. The van der Waals surface area contributed by atoms with E-state index in [1.54, 1.807) is 0 Å². The molecule has 1 unspecified atom stereocenters. The summed E-state index contributed by atoms with van der Waals surface area (Å²) in [5.74, 6) is 0.268. The maximum absolute atomic E-state index is 4.33. The molecule has 2 aromatic rings. The van der Waals surface area contributed by atoms with Gasteiger partial charge in [-0.1, -0.05) is 81.6 Å². The van der Waals surface area contributed by atoms with Gasteiger partial charge in [-0.25, -0.2) is 0 Å². The summed E-state index contributed by atoms with van der Waals surface area (Å²) in [4.78, 5) is 0. The van der Waals surface area contributed by atoms with Crippen LogP contribution in [0.15, 0.2) is 67.3 Å². The average molecular weight is 347 g/mol. The highest BCUT2D eigenvalue weighted by atomic mass is 14.2. The molecule has 0 radical (unpaired) electrons. The second kappa shape index (κ2) is 9.38. The molecular weight excluding hydrogens is 312 g/mol. The molecule has 0 aliphatic rings. The van der Waals surface area contributed by atoms with Gasteiger partial charge in [0.1, 0.15) is 0 Å². The quantitative estimate of drug-likeness (QED) is 0.465. The zero-order valence-electron chi connectivity index (χ0n) is 16.3. The van der Waals surface area contributed by atoms with Gasteiger partial charge in [0.05, 0.1) is 0 Å². The molecule has 1 atom stereocenters. The Morgan fingerprint density at radius 3 is 2.23 bits per heavy atom. The molecule has 2 aromatic carbocycles. The van der Waals surface area contributed by atoms with E-state index in [1.807, 2.05) is 0 Å². The average Bonchev–Trinajstić information content (AvgIpc) is 2.60. The van der Waals surface area contributed by atoms with Gasteiger partial charge in [-0.2, -0.15) is 0 Å². The second-order valence-electron chi connectivity index (χ2n) is 7.11. The van der Waals surface area contributed by atoms with Gasteiger partial charge in [0.15, 0.2) is 0 Å². The summed E-state index contributed by atoms with van der Waals surface area (Å²) in [5, 5.41) is 0. The Morgan fingerprint density at radius 2 is 1.62 bits per heavy atom. The van der Waals surface area contributed by atoms with E-state index in [4.69, 9.17) is 0 Å². The molecule has 0 saturated heterocycles. The van der Waals surface area contributed by atoms with Gasteiger partial charge in [-0.05, 0) is 73.1 Å². The molecule has 0 amide bonds. The predicted molar refractivity (Wildman–Crippen MR) is 119 cm³/mol. The number of benzene rings is 2. The van der Waals surface area contributed by atoms with E-state index in [0.717, 1.165) is 12.0 Å². The van der Waals surface area contributed by atoms with Crippen LogP contribution in [0.25, 0.3) is 11.1 Å². The minimum absolute atomic E-state index is 0. The van der Waals surface area contributed by atoms with Crippen molar-refractivity contribution in [3.05, 3.63) is 95.1 Å². The first kappa shape index (κ1) is 21.7. The Hall–Kier alpha value is -2.34. The summed E-state index contributed by atoms with van der Waals surface area (Å²) in [5.41, 5.74) is 10.1. The van der Waals surface area contributed by atoms with Crippen molar-refractivity contribution >= 4 is 11.1 Å². The summed E-state index contributed by atoms with van der Waals surface area (Å²) in [7, 11) is 0. The van der Waals surface area contributed by atoms with Crippen molar-refractivity contribution in [2.75, 3.05) is 0 Å². The number of allylic oxidation sites excluding steroid dienone is 4. The van der Waals surface area contributed by atoms with Crippen molar-refractivity contribution in [1.82, 2.24) is 0 Å². The summed E-state index contributed by atoms with van der Waals surface area (Å²) < 4.78 is 0. The van der Waals surface area contributed by atoms with Crippen LogP contribution in [0.1, 0.15) is 55.5 Å². The molecule has 0 heteroatoms. The smallest absolute Gasteiger partial charge is 0.00203 e. The summed E-state index contributed by atoms with van der Waals surface area (Å²) in [6.45, 7) is 19.5. The van der Waals surface area contributed by atoms with Gasteiger partial charge in [0, 0.05) is 5.92 Å². The fourth-order valence-corrected chi connectivity index (χ4v) is 2.98. The Kier molecular flexibility index (Phi) is 7.83. The van der Waals surface area contributed by atoms with Crippen LogP contribution in [0.2, 0.25) is 0 Å². The third-order valence-corrected chi connectivity index (χ3v) is 5.26. The second-order valence-corrected chi connectivity index (χ2v) is 7.11. The van der Waals surface area contributed by atoms with Crippen molar-refractivity contribution in [1.29, 1.82) is 0 Å². The summed E-state index contributed by atoms with van der Waals surface area (Å²) in [6, 6.07) is 15.1. The van der Waals surface area contributed by atoms with Crippen LogP contribution in [0.5, 0.6) is 0 Å². The first-order chi connectivity index (χ1) is 11.8. The van der Waals surface area contributed by atoms with Crippen molar-refractivity contribution in [3.8, 4) is 0 Å². The van der Waals surface area contributed by atoms with Crippen LogP contribution < -0.4 is 0 Å². The van der Waals surface area contributed by atoms with Crippen LogP contribution in [0, 0.1) is 26.7 Å². The Labute approximate surface area is 161 Å². The van der Waals surface area contributed by atoms with Crippen LogP contribution in [0.3, 0.4) is 0 Å². The molecule has 2 rings (SSSR count). The molecule has 0 heterocycles. The van der Waals surface area contributed by atoms with E-state index < -0.39 is 0 Å². The monoisotopic (exact) mass is 346 g/mol. The standard InChI is InChI=1S/C25H30.CH4/c1-17-14-15-24(16-21(17)5)19(3)13-12-18(2)22(6)23(7)25-11-9-8-10-20(25)4;/h8-11,13-16,22H,2,7,12H2,1,3-6H3;1H4/b19-13+;. The number of hydrogen-bond acceptors (Lipinski definition) is 0. The molecule has 0 aliphatic heterocycles. The number of aryl methyl sites for hydroxylation is 3. The summed E-state index contributed by atoms with van der Waals surface area (Å²) >= 11 is 0. The SMILES string of the molecule is C.C=C(C/C=C(\C)c1ccc(C)c(C)c1)C(C)C(=C)c1ccccc1C. The van der Waals surface area contributed by atoms with E-state index in [1.165, 1.54) is 39.0 Å². The topological polar surface area (TPSA) is 0 Å². The Bertz CT molecular complexity index is 818. The van der Waals surface area contributed by atoms with Crippen molar-refractivity contribution in [2.24, 2.45) is 5.92 Å². The maximum atomic E-state index is 4.33. The molecule has 0 saturated carbocycles. The lowest BCUT2D eigenvalue weighted by atomic mass is 9.86. The molecule has 0 aliphatic carbocycles. The fraction of sp³-hybridized carbons (Fsp3) is 0.308. The minimum atomic E-state index is 0. The molecule has 0 nitrogen and oxygen atoms in total. The third-order valence-electron chi connectivity index (χ3n) is 5.26. The van der Waals surface area contributed by atoms with E-state index in [-0.39, 0.29) is 13.3 Å². The molecule has 138 valence electrons. The highest BCUT2D eigenvalue weighted by Gasteiger charge is 2.13. The van der Waals surface area contributed by atoms with E-state index in [2.05, 4.69) is 96.3 Å². The Balaban J connectivity index is 0.00000338. The highest BCUT2D eigenvalue weighted by Crippen LogP contribution is 2.31. The molecule has 0 fully saturated rings. The van der Waals surface area contributed by atoms with Crippen molar-refractivity contribution in [3.63, 3.8) is 0 Å². The van der Waals surface area contributed by atoms with Gasteiger partial charge >= 0.3 is 0 Å². The van der Waals surface area contributed by atoms with Gasteiger partial charge in [0.2, 0.25) is 0 Å². The lowest BCUT2D eigenvalue weighted by Crippen LogP contribution is -2.02. The van der Waals surface area contributed by atoms with Crippen LogP contribution in [-0.2, 0) is 0 Å². The van der Waals surface area contributed by atoms with Crippen molar-refractivity contribution in [2.45, 2.75) is 48.5 Å². The van der Waals surface area contributed by atoms with Gasteiger partial charge in [-0.15, -0.1) is 0 Å².